The number of aliphatic hydroxyl groups excluding tert-OH is 3. The lowest BCUT2D eigenvalue weighted by molar-refractivity contribution is -0.0782. The molecule has 1 aliphatic heterocycles. The van der Waals surface area contributed by atoms with E-state index < -0.39 is 24.4 Å². The molecule has 0 amide bonds. The van der Waals surface area contributed by atoms with Crippen molar-refractivity contribution in [2.45, 2.75) is 128 Å². The first-order valence-electron chi connectivity index (χ1n) is 12.5. The Bertz CT molecular complexity index is 401. The summed E-state index contributed by atoms with van der Waals surface area (Å²) in [6.07, 6.45) is 20.8. The van der Waals surface area contributed by atoms with Crippen LogP contribution in [0.3, 0.4) is 0 Å². The molecule has 0 aromatic heterocycles. The predicted molar refractivity (Wildman–Crippen MR) is 123 cm³/mol. The van der Waals surface area contributed by atoms with E-state index in [1.165, 1.54) is 89.9 Å². The highest BCUT2D eigenvalue weighted by molar-refractivity contribution is 4.88. The molecule has 3 N–H and O–H groups in total. The first-order valence-corrected chi connectivity index (χ1v) is 12.5. The van der Waals surface area contributed by atoms with Crippen molar-refractivity contribution in [3.63, 3.8) is 0 Å². The van der Waals surface area contributed by atoms with Gasteiger partial charge in [0, 0.05) is 0 Å². The SMILES string of the molecule is CCCCCCCCCCCCCCCC/C=C/COC[C@H](O)[C@H]1OC[C@@H](O)[C@H]1O. The number of ether oxygens (including phenoxy) is 2. The van der Waals surface area contributed by atoms with Gasteiger partial charge in [0.2, 0.25) is 0 Å². The maximum atomic E-state index is 9.94. The lowest BCUT2D eigenvalue weighted by Crippen LogP contribution is -2.40. The molecule has 0 aromatic rings. The molecular formula is C25H48O5. The van der Waals surface area contributed by atoms with Crippen molar-refractivity contribution >= 4 is 0 Å². The molecule has 5 heteroatoms. The summed E-state index contributed by atoms with van der Waals surface area (Å²) < 4.78 is 10.6. The topological polar surface area (TPSA) is 79.2 Å². The standard InChI is InChI=1S/C25H48O5/c1-2-3-4-5-6-7-8-9-10-11-12-13-14-15-16-17-18-19-29-20-23(27)25-24(28)22(26)21-30-25/h17-18,22-28H,2-16,19-21H2,1H3/b18-17+/t22-,23+,24-,25-/m1/s1. The Morgan fingerprint density at radius 2 is 1.37 bits per heavy atom. The van der Waals surface area contributed by atoms with Crippen LogP contribution in [-0.2, 0) is 9.47 Å². The molecule has 5 nitrogen and oxygen atoms in total. The molecule has 1 fully saturated rings. The molecule has 0 aromatic carbocycles. The first-order chi connectivity index (χ1) is 14.7. The van der Waals surface area contributed by atoms with E-state index in [0.717, 1.165) is 6.42 Å². The number of hydrogen-bond acceptors (Lipinski definition) is 5. The van der Waals surface area contributed by atoms with Crippen molar-refractivity contribution in [1.29, 1.82) is 0 Å². The van der Waals surface area contributed by atoms with E-state index >= 15 is 0 Å². The van der Waals surface area contributed by atoms with E-state index in [-0.39, 0.29) is 13.2 Å². The third kappa shape index (κ3) is 13.8. The Labute approximate surface area is 184 Å². The van der Waals surface area contributed by atoms with Gasteiger partial charge in [0.25, 0.3) is 0 Å². The number of rotatable bonds is 20. The molecule has 0 bridgehead atoms. The average molecular weight is 429 g/mol. The van der Waals surface area contributed by atoms with Crippen molar-refractivity contribution in [2.75, 3.05) is 19.8 Å². The third-order valence-corrected chi connectivity index (χ3v) is 5.96. The Hall–Kier alpha value is -0.460. The van der Waals surface area contributed by atoms with Crippen LogP contribution in [0.15, 0.2) is 12.2 Å². The van der Waals surface area contributed by atoms with Crippen LogP contribution in [0.2, 0.25) is 0 Å². The third-order valence-electron chi connectivity index (χ3n) is 5.96. The highest BCUT2D eigenvalue weighted by atomic mass is 16.5. The van der Waals surface area contributed by atoms with Gasteiger partial charge in [-0.05, 0) is 12.8 Å². The van der Waals surface area contributed by atoms with Gasteiger partial charge in [-0.3, -0.25) is 0 Å². The fourth-order valence-corrected chi connectivity index (χ4v) is 3.96. The molecule has 0 spiro atoms. The summed E-state index contributed by atoms with van der Waals surface area (Å²) in [7, 11) is 0. The summed E-state index contributed by atoms with van der Waals surface area (Å²) in [5.41, 5.74) is 0. The average Bonchev–Trinajstić information content (AvgIpc) is 3.08. The van der Waals surface area contributed by atoms with Crippen molar-refractivity contribution in [3.05, 3.63) is 12.2 Å². The lowest BCUT2D eigenvalue weighted by Gasteiger charge is -2.20. The van der Waals surface area contributed by atoms with Gasteiger partial charge in [-0.15, -0.1) is 0 Å². The molecule has 0 radical (unpaired) electrons. The van der Waals surface area contributed by atoms with E-state index in [9.17, 15) is 15.3 Å². The van der Waals surface area contributed by atoms with Crippen LogP contribution in [-0.4, -0.2) is 59.6 Å². The monoisotopic (exact) mass is 428 g/mol. The molecule has 0 aliphatic carbocycles. The largest absolute Gasteiger partial charge is 0.388 e. The van der Waals surface area contributed by atoms with Crippen LogP contribution in [0.4, 0.5) is 0 Å². The van der Waals surface area contributed by atoms with Crippen LogP contribution >= 0.6 is 0 Å². The molecule has 1 aliphatic rings. The smallest absolute Gasteiger partial charge is 0.114 e. The molecule has 30 heavy (non-hydrogen) atoms. The van der Waals surface area contributed by atoms with E-state index in [2.05, 4.69) is 13.0 Å². The molecule has 4 atom stereocenters. The second-order valence-electron chi connectivity index (χ2n) is 8.82. The number of aliphatic hydroxyl groups is 3. The Morgan fingerprint density at radius 3 is 1.87 bits per heavy atom. The number of hydrogen-bond donors (Lipinski definition) is 3. The minimum atomic E-state index is -1.04. The second kappa shape index (κ2) is 19.2. The quantitative estimate of drug-likeness (QED) is 0.190. The van der Waals surface area contributed by atoms with Crippen LogP contribution in [0.25, 0.3) is 0 Å². The Kier molecular flexibility index (Phi) is 17.7. The van der Waals surface area contributed by atoms with E-state index in [1.54, 1.807) is 0 Å². The van der Waals surface area contributed by atoms with E-state index in [1.807, 2.05) is 6.08 Å². The molecule has 0 unspecified atom stereocenters. The number of allylic oxidation sites excluding steroid dienone is 1. The fraction of sp³-hybridized carbons (Fsp3) is 0.920. The number of unbranched alkanes of at least 4 members (excludes halogenated alkanes) is 14. The van der Waals surface area contributed by atoms with Crippen molar-refractivity contribution < 1.29 is 24.8 Å². The van der Waals surface area contributed by atoms with Gasteiger partial charge >= 0.3 is 0 Å². The molecule has 1 heterocycles. The van der Waals surface area contributed by atoms with Gasteiger partial charge in [0.05, 0.1) is 19.8 Å². The lowest BCUT2D eigenvalue weighted by atomic mass is 10.0. The zero-order valence-corrected chi connectivity index (χ0v) is 19.4. The highest BCUT2D eigenvalue weighted by Crippen LogP contribution is 2.18. The minimum Gasteiger partial charge on any atom is -0.388 e. The zero-order chi connectivity index (χ0) is 21.9. The molecule has 1 rings (SSSR count). The minimum absolute atomic E-state index is 0.0575. The zero-order valence-electron chi connectivity index (χ0n) is 19.4. The summed E-state index contributed by atoms with van der Waals surface area (Å²) in [6.45, 7) is 2.87. The molecular weight excluding hydrogens is 380 g/mol. The van der Waals surface area contributed by atoms with Gasteiger partial charge in [0.1, 0.15) is 24.4 Å². The van der Waals surface area contributed by atoms with Gasteiger partial charge in [-0.1, -0.05) is 103 Å². The highest BCUT2D eigenvalue weighted by Gasteiger charge is 2.39. The van der Waals surface area contributed by atoms with Crippen LogP contribution in [0.5, 0.6) is 0 Å². The summed E-state index contributed by atoms with van der Waals surface area (Å²) >= 11 is 0. The van der Waals surface area contributed by atoms with Crippen molar-refractivity contribution in [2.24, 2.45) is 0 Å². The van der Waals surface area contributed by atoms with Crippen LogP contribution < -0.4 is 0 Å². The summed E-state index contributed by atoms with van der Waals surface area (Å²) in [5, 5.41) is 29.0. The molecule has 178 valence electrons. The van der Waals surface area contributed by atoms with Crippen molar-refractivity contribution in [3.8, 4) is 0 Å². The fourth-order valence-electron chi connectivity index (χ4n) is 3.96. The summed E-state index contributed by atoms with van der Waals surface area (Å²) in [6, 6.07) is 0. The normalized spacial score (nSPS) is 22.9. The Morgan fingerprint density at radius 1 is 0.833 bits per heavy atom. The van der Waals surface area contributed by atoms with Crippen molar-refractivity contribution in [1.82, 2.24) is 0 Å². The second-order valence-corrected chi connectivity index (χ2v) is 8.82. The molecule has 0 saturated carbocycles. The van der Waals surface area contributed by atoms with Crippen LogP contribution in [0, 0.1) is 0 Å². The Balaban J connectivity index is 1.78. The van der Waals surface area contributed by atoms with Gasteiger partial charge < -0.3 is 24.8 Å². The first kappa shape index (κ1) is 27.6. The predicted octanol–water partition coefficient (Wildman–Crippen LogP) is 4.91. The van der Waals surface area contributed by atoms with Gasteiger partial charge in [-0.2, -0.15) is 0 Å². The van der Waals surface area contributed by atoms with E-state index in [0.29, 0.717) is 6.61 Å². The molecule has 1 saturated heterocycles. The van der Waals surface area contributed by atoms with Gasteiger partial charge in [-0.25, -0.2) is 0 Å². The summed E-state index contributed by atoms with van der Waals surface area (Å²) in [4.78, 5) is 0. The maximum Gasteiger partial charge on any atom is 0.114 e. The van der Waals surface area contributed by atoms with Gasteiger partial charge in [0.15, 0.2) is 0 Å². The summed E-state index contributed by atoms with van der Waals surface area (Å²) in [5.74, 6) is 0. The van der Waals surface area contributed by atoms with E-state index in [4.69, 9.17) is 9.47 Å². The van der Waals surface area contributed by atoms with Crippen LogP contribution in [0.1, 0.15) is 103 Å². The maximum absolute atomic E-state index is 9.94.